The van der Waals surface area contributed by atoms with E-state index in [1.807, 2.05) is 6.07 Å². The van der Waals surface area contributed by atoms with Crippen LogP contribution < -0.4 is 11.2 Å². The molecule has 5 nitrogen and oxygen atoms in total. The van der Waals surface area contributed by atoms with Crippen LogP contribution in [0.1, 0.15) is 5.56 Å². The second-order valence-electron chi connectivity index (χ2n) is 4.72. The van der Waals surface area contributed by atoms with Crippen LogP contribution in [0.5, 0.6) is 0 Å². The van der Waals surface area contributed by atoms with Crippen molar-refractivity contribution in [3.8, 4) is 11.3 Å². The van der Waals surface area contributed by atoms with Crippen LogP contribution in [-0.2, 0) is 6.42 Å². The van der Waals surface area contributed by atoms with Crippen molar-refractivity contribution in [1.29, 1.82) is 5.41 Å². The number of aromatic amines is 1. The van der Waals surface area contributed by atoms with Crippen molar-refractivity contribution in [2.45, 2.75) is 6.42 Å². The van der Waals surface area contributed by atoms with E-state index in [-0.39, 0.29) is 5.96 Å². The molecule has 7 heteroatoms. The number of nitrogens with one attached hydrogen (secondary N) is 3. The van der Waals surface area contributed by atoms with Crippen molar-refractivity contribution in [2.24, 2.45) is 10.8 Å². The van der Waals surface area contributed by atoms with E-state index in [2.05, 4.69) is 60.4 Å². The van der Waals surface area contributed by atoms with Gasteiger partial charge in [0.1, 0.15) is 0 Å². The molecule has 0 saturated heterocycles. The van der Waals surface area contributed by atoms with Crippen LogP contribution in [0, 0.1) is 5.41 Å². The number of fused-ring (bicyclic) bond motifs is 1. The van der Waals surface area contributed by atoms with E-state index in [0.717, 1.165) is 21.1 Å². The van der Waals surface area contributed by atoms with Gasteiger partial charge in [0.2, 0.25) is 5.96 Å². The Morgan fingerprint density at radius 3 is 3.05 bits per heavy atom. The summed E-state index contributed by atoms with van der Waals surface area (Å²) >= 11 is 5.19. The van der Waals surface area contributed by atoms with Crippen molar-refractivity contribution >= 4 is 50.3 Å². The number of hydrogen-bond acceptors (Lipinski definition) is 3. The molecule has 2 heterocycles. The quantitative estimate of drug-likeness (QED) is 0.318. The van der Waals surface area contributed by atoms with E-state index < -0.39 is 0 Å². The summed E-state index contributed by atoms with van der Waals surface area (Å²) in [4.78, 5) is 3.48. The minimum Gasteiger partial charge on any atom is -0.369 e. The lowest BCUT2D eigenvalue weighted by Crippen LogP contribution is -2.25. The van der Waals surface area contributed by atoms with Gasteiger partial charge in [0.15, 0.2) is 0 Å². The summed E-state index contributed by atoms with van der Waals surface area (Å²) in [5.74, 6) is -0.170. The van der Waals surface area contributed by atoms with E-state index in [1.54, 1.807) is 17.6 Å². The molecular weight excluding hydrogens is 362 g/mol. The Bertz CT molecular complexity index is 835. The predicted molar refractivity (Wildman–Crippen MR) is 96.6 cm³/mol. The standard InChI is InChI=1S/C15H14BrN5S/c16-10-1-2-13-12(7-10)11(3-5-19-21-15(17)18)14(20-13)9-4-6-22-8-9/h1-2,4-8,20H,3H2,(H4,17,18,21). The SMILES string of the molecule is N=C(N)NN=CCc1c(-c2ccsc2)[nH]c2ccc(Br)cc12. The summed E-state index contributed by atoms with van der Waals surface area (Å²) in [6.45, 7) is 0. The van der Waals surface area contributed by atoms with Gasteiger partial charge in [-0.15, -0.1) is 0 Å². The van der Waals surface area contributed by atoms with E-state index >= 15 is 0 Å². The number of H-pyrrole nitrogens is 1. The molecule has 0 spiro atoms. The topological polar surface area (TPSA) is 90.1 Å². The summed E-state index contributed by atoms with van der Waals surface area (Å²) in [5.41, 5.74) is 12.2. The molecule has 22 heavy (non-hydrogen) atoms. The minimum atomic E-state index is -0.170. The third kappa shape index (κ3) is 3.05. The van der Waals surface area contributed by atoms with E-state index in [0.29, 0.717) is 6.42 Å². The van der Waals surface area contributed by atoms with Crippen molar-refractivity contribution in [3.05, 3.63) is 45.1 Å². The fraction of sp³-hybridized carbons (Fsp3) is 0.0667. The van der Waals surface area contributed by atoms with Gasteiger partial charge >= 0.3 is 0 Å². The molecule has 0 fully saturated rings. The number of aromatic nitrogens is 1. The number of halogens is 1. The third-order valence-corrected chi connectivity index (χ3v) is 4.43. The Balaban J connectivity index is 2.04. The molecule has 0 atom stereocenters. The first kappa shape index (κ1) is 14.8. The van der Waals surface area contributed by atoms with Crippen LogP contribution in [0.3, 0.4) is 0 Å². The van der Waals surface area contributed by atoms with Gasteiger partial charge in [0.25, 0.3) is 0 Å². The minimum absolute atomic E-state index is 0.170. The number of hydrazone groups is 1. The maximum absolute atomic E-state index is 7.10. The van der Waals surface area contributed by atoms with Gasteiger partial charge in [-0.2, -0.15) is 16.4 Å². The maximum Gasteiger partial charge on any atom is 0.206 e. The molecule has 0 amide bonds. The van der Waals surface area contributed by atoms with E-state index in [9.17, 15) is 0 Å². The summed E-state index contributed by atoms with van der Waals surface area (Å²) in [5, 5.41) is 16.4. The normalized spacial score (nSPS) is 11.3. The number of benzene rings is 1. The molecule has 112 valence electrons. The van der Waals surface area contributed by atoms with Gasteiger partial charge < -0.3 is 10.7 Å². The summed E-state index contributed by atoms with van der Waals surface area (Å²) in [6.07, 6.45) is 2.36. The van der Waals surface area contributed by atoms with Crippen LogP contribution in [0.2, 0.25) is 0 Å². The van der Waals surface area contributed by atoms with E-state index in [4.69, 9.17) is 11.1 Å². The Morgan fingerprint density at radius 1 is 1.45 bits per heavy atom. The zero-order chi connectivity index (χ0) is 15.5. The highest BCUT2D eigenvalue weighted by atomic mass is 79.9. The van der Waals surface area contributed by atoms with Crippen molar-refractivity contribution in [1.82, 2.24) is 10.4 Å². The molecule has 0 aliphatic heterocycles. The lowest BCUT2D eigenvalue weighted by molar-refractivity contribution is 0.995. The highest BCUT2D eigenvalue weighted by molar-refractivity contribution is 9.10. The zero-order valence-electron chi connectivity index (χ0n) is 11.6. The molecule has 0 unspecified atom stereocenters. The molecule has 0 bridgehead atoms. The van der Waals surface area contributed by atoms with Crippen molar-refractivity contribution < 1.29 is 0 Å². The molecule has 2 aromatic heterocycles. The van der Waals surface area contributed by atoms with Crippen LogP contribution in [-0.4, -0.2) is 17.2 Å². The van der Waals surface area contributed by atoms with Crippen LogP contribution in [0.15, 0.2) is 44.6 Å². The first-order chi connectivity index (χ1) is 10.6. The monoisotopic (exact) mass is 375 g/mol. The van der Waals surface area contributed by atoms with E-state index in [1.165, 1.54) is 11.1 Å². The molecule has 0 radical (unpaired) electrons. The van der Waals surface area contributed by atoms with Gasteiger partial charge in [-0.05, 0) is 35.2 Å². The molecule has 1 aromatic carbocycles. The van der Waals surface area contributed by atoms with Gasteiger partial charge in [-0.25, -0.2) is 5.43 Å². The molecule has 0 saturated carbocycles. The summed E-state index contributed by atoms with van der Waals surface area (Å²) in [6, 6.07) is 8.28. The number of nitrogens with zero attached hydrogens (tertiary/aromatic N) is 1. The van der Waals surface area contributed by atoms with Crippen LogP contribution in [0.4, 0.5) is 0 Å². The average Bonchev–Trinajstić information content (AvgIpc) is 3.10. The Morgan fingerprint density at radius 2 is 2.32 bits per heavy atom. The summed E-state index contributed by atoms with van der Waals surface area (Å²) in [7, 11) is 0. The Labute approximate surface area is 139 Å². The van der Waals surface area contributed by atoms with Crippen molar-refractivity contribution in [3.63, 3.8) is 0 Å². The van der Waals surface area contributed by atoms with Gasteiger partial charge in [0.05, 0.1) is 5.69 Å². The summed E-state index contributed by atoms with van der Waals surface area (Å²) < 4.78 is 1.04. The molecule has 3 rings (SSSR count). The average molecular weight is 376 g/mol. The molecule has 5 N–H and O–H groups in total. The van der Waals surface area contributed by atoms with Crippen LogP contribution in [0.25, 0.3) is 22.2 Å². The predicted octanol–water partition coefficient (Wildman–Crippen LogP) is 3.67. The first-order valence-corrected chi connectivity index (χ1v) is 8.33. The van der Waals surface area contributed by atoms with Crippen molar-refractivity contribution in [2.75, 3.05) is 0 Å². The highest BCUT2D eigenvalue weighted by Gasteiger charge is 2.13. The fourth-order valence-corrected chi connectivity index (χ4v) is 3.35. The zero-order valence-corrected chi connectivity index (χ0v) is 14.0. The molecule has 0 aliphatic rings. The number of thiophene rings is 1. The number of hydrogen-bond donors (Lipinski definition) is 4. The van der Waals surface area contributed by atoms with Gasteiger partial charge in [-0.3, -0.25) is 5.41 Å². The highest BCUT2D eigenvalue weighted by Crippen LogP contribution is 2.33. The number of rotatable bonds is 4. The second kappa shape index (κ2) is 6.33. The first-order valence-electron chi connectivity index (χ1n) is 6.59. The number of guanidine groups is 1. The lowest BCUT2D eigenvalue weighted by Gasteiger charge is -2.00. The fourth-order valence-electron chi connectivity index (χ4n) is 2.34. The van der Waals surface area contributed by atoms with Gasteiger partial charge in [0, 0.05) is 39.0 Å². The third-order valence-electron chi connectivity index (χ3n) is 3.25. The second-order valence-corrected chi connectivity index (χ2v) is 6.42. The molecule has 3 aromatic rings. The van der Waals surface area contributed by atoms with Gasteiger partial charge in [-0.1, -0.05) is 15.9 Å². The molecule has 0 aliphatic carbocycles. The largest absolute Gasteiger partial charge is 0.369 e. The van der Waals surface area contributed by atoms with Crippen LogP contribution >= 0.6 is 27.3 Å². The molecular formula is C15H14BrN5S. The number of nitrogens with two attached hydrogens (primary N) is 1. The Hall–Kier alpha value is -2.12. The maximum atomic E-state index is 7.10. The smallest absolute Gasteiger partial charge is 0.206 e. The Kier molecular flexibility index (Phi) is 4.26. The lowest BCUT2D eigenvalue weighted by atomic mass is 10.1.